The first kappa shape index (κ1) is 8.70. The molecule has 0 saturated carbocycles. The van der Waals surface area contributed by atoms with Crippen LogP contribution in [0.15, 0.2) is 0 Å². The second kappa shape index (κ2) is 3.67. The van der Waals surface area contributed by atoms with Crippen LogP contribution in [0.25, 0.3) is 0 Å². The Morgan fingerprint density at radius 1 is 1.50 bits per heavy atom. The molecule has 1 atom stereocenters. The molecule has 0 spiro atoms. The third kappa shape index (κ3) is 3.67. The van der Waals surface area contributed by atoms with E-state index in [0.717, 1.165) is 0 Å². The molecule has 1 amide bonds. The summed E-state index contributed by atoms with van der Waals surface area (Å²) in [6, 6.07) is -1.17. The zero-order valence-corrected chi connectivity index (χ0v) is 5.07. The monoisotopic (exact) mass is 148 g/mol. The van der Waals surface area contributed by atoms with Crippen LogP contribution < -0.4 is 11.1 Å². The molecule has 0 aliphatic heterocycles. The van der Waals surface area contributed by atoms with Crippen LogP contribution in [0.5, 0.6) is 0 Å². The molecule has 58 valence electrons. The number of aliphatic carboxylic acids is 1. The average Bonchev–Trinajstić information content (AvgIpc) is 1.82. The highest BCUT2D eigenvalue weighted by Crippen LogP contribution is 1.74. The Hall–Kier alpha value is -1.30. The quantitative estimate of drug-likeness (QED) is 0.396. The van der Waals surface area contributed by atoms with E-state index in [1.165, 1.54) is 0 Å². The summed E-state index contributed by atoms with van der Waals surface area (Å²) in [5.41, 5.74) is 4.94. The number of nitrogens with two attached hydrogens (primary N) is 1. The van der Waals surface area contributed by atoms with Gasteiger partial charge in [0, 0.05) is 6.54 Å². The third-order valence-corrected chi connectivity index (χ3v) is 0.790. The smallest absolute Gasteiger partial charge is 0.404 e. The molecule has 0 radical (unpaired) electrons. The molecule has 10 heavy (non-hydrogen) atoms. The zero-order chi connectivity index (χ0) is 8.15. The lowest BCUT2D eigenvalue weighted by Crippen LogP contribution is -2.41. The van der Waals surface area contributed by atoms with Crippen LogP contribution in [0.3, 0.4) is 0 Å². The van der Waals surface area contributed by atoms with Crippen LogP contribution in [0.4, 0.5) is 4.79 Å². The fraction of sp³-hybridized carbons (Fsp3) is 0.500. The molecule has 0 aromatic heterocycles. The van der Waals surface area contributed by atoms with Crippen molar-refractivity contribution >= 4 is 12.1 Å². The Balaban J connectivity index is 3.49. The highest BCUT2D eigenvalue weighted by molar-refractivity contribution is 5.74. The topological polar surface area (TPSA) is 113 Å². The van der Waals surface area contributed by atoms with Crippen molar-refractivity contribution in [1.29, 1.82) is 0 Å². The third-order valence-electron chi connectivity index (χ3n) is 0.790. The van der Waals surface area contributed by atoms with Crippen molar-refractivity contribution in [3.63, 3.8) is 0 Å². The van der Waals surface area contributed by atoms with Gasteiger partial charge < -0.3 is 21.3 Å². The van der Waals surface area contributed by atoms with Gasteiger partial charge in [-0.05, 0) is 0 Å². The Bertz CT molecular complexity index is 146. The van der Waals surface area contributed by atoms with Gasteiger partial charge in [-0.1, -0.05) is 0 Å². The van der Waals surface area contributed by atoms with E-state index in [9.17, 15) is 9.59 Å². The standard InChI is InChI=1S/C4H8N2O4/c5-2(3(7)8)1-6-4(9)10/h2,6H,1,5H2,(H,7,8)(H,9,10). The molecule has 0 aromatic rings. The maximum absolute atomic E-state index is 9.95. The first-order chi connectivity index (χ1) is 4.54. The zero-order valence-electron chi connectivity index (χ0n) is 5.07. The minimum Gasteiger partial charge on any atom is -0.480 e. The number of carboxylic acids is 1. The summed E-state index contributed by atoms with van der Waals surface area (Å²) in [6.45, 7) is -0.273. The summed E-state index contributed by atoms with van der Waals surface area (Å²) in [5, 5.41) is 18.0. The Morgan fingerprint density at radius 3 is 2.30 bits per heavy atom. The van der Waals surface area contributed by atoms with Gasteiger partial charge in [0.15, 0.2) is 0 Å². The van der Waals surface area contributed by atoms with Gasteiger partial charge in [-0.25, -0.2) is 4.79 Å². The van der Waals surface area contributed by atoms with Crippen LogP contribution in [-0.2, 0) is 4.79 Å². The van der Waals surface area contributed by atoms with Crippen molar-refractivity contribution < 1.29 is 19.8 Å². The molecule has 0 aliphatic carbocycles. The van der Waals surface area contributed by atoms with Gasteiger partial charge in [-0.2, -0.15) is 0 Å². The van der Waals surface area contributed by atoms with Crippen molar-refractivity contribution in [1.82, 2.24) is 5.32 Å². The van der Waals surface area contributed by atoms with Crippen LogP contribution >= 0.6 is 0 Å². The number of carbonyl (C=O) groups is 2. The van der Waals surface area contributed by atoms with Crippen LogP contribution in [-0.4, -0.2) is 34.9 Å². The second-order valence-electron chi connectivity index (χ2n) is 1.63. The van der Waals surface area contributed by atoms with Gasteiger partial charge >= 0.3 is 12.1 Å². The molecule has 0 fully saturated rings. The van der Waals surface area contributed by atoms with E-state index in [0.29, 0.717) is 0 Å². The first-order valence-corrected chi connectivity index (χ1v) is 2.49. The van der Waals surface area contributed by atoms with Crippen LogP contribution in [0, 0.1) is 0 Å². The lowest BCUT2D eigenvalue weighted by molar-refractivity contribution is -0.138. The second-order valence-corrected chi connectivity index (χ2v) is 1.63. The van der Waals surface area contributed by atoms with Crippen molar-refractivity contribution in [2.24, 2.45) is 5.73 Å². The Labute approximate surface area is 56.6 Å². The van der Waals surface area contributed by atoms with Crippen LogP contribution in [0.2, 0.25) is 0 Å². The fourth-order valence-corrected chi connectivity index (χ4v) is 0.285. The maximum Gasteiger partial charge on any atom is 0.404 e. The van der Waals surface area contributed by atoms with Gasteiger partial charge in [-0.3, -0.25) is 4.79 Å². The van der Waals surface area contributed by atoms with E-state index in [4.69, 9.17) is 15.9 Å². The SMILES string of the molecule is NC(CNC(=O)O)C(=O)O. The molecule has 0 aliphatic rings. The molecule has 5 N–H and O–H groups in total. The summed E-state index contributed by atoms with van der Waals surface area (Å²) in [7, 11) is 0. The normalized spacial score (nSPS) is 12.1. The van der Waals surface area contributed by atoms with Crippen molar-refractivity contribution in [3.05, 3.63) is 0 Å². The minimum atomic E-state index is -1.28. The van der Waals surface area contributed by atoms with E-state index in [-0.39, 0.29) is 6.54 Å². The first-order valence-electron chi connectivity index (χ1n) is 2.49. The molecule has 0 aromatic carbocycles. The summed E-state index contributed by atoms with van der Waals surface area (Å²) >= 11 is 0. The number of hydrogen-bond acceptors (Lipinski definition) is 3. The summed E-state index contributed by atoms with van der Waals surface area (Å²) in [4.78, 5) is 19.7. The molecule has 0 rings (SSSR count). The Kier molecular flexibility index (Phi) is 3.20. The highest BCUT2D eigenvalue weighted by atomic mass is 16.4. The number of rotatable bonds is 3. The predicted octanol–water partition coefficient (Wildman–Crippen LogP) is -1.33. The Morgan fingerprint density at radius 2 is 2.00 bits per heavy atom. The van der Waals surface area contributed by atoms with E-state index in [1.807, 2.05) is 5.32 Å². The van der Waals surface area contributed by atoms with Crippen LogP contribution in [0.1, 0.15) is 0 Å². The van der Waals surface area contributed by atoms with E-state index in [1.54, 1.807) is 0 Å². The van der Waals surface area contributed by atoms with Crippen molar-refractivity contribution in [2.45, 2.75) is 6.04 Å². The van der Waals surface area contributed by atoms with E-state index in [2.05, 4.69) is 0 Å². The number of hydrogen-bond donors (Lipinski definition) is 4. The number of nitrogens with one attached hydrogen (secondary N) is 1. The molecule has 0 heterocycles. The highest BCUT2D eigenvalue weighted by Gasteiger charge is 2.11. The fourth-order valence-electron chi connectivity index (χ4n) is 0.285. The van der Waals surface area contributed by atoms with Gasteiger partial charge in [0.25, 0.3) is 0 Å². The van der Waals surface area contributed by atoms with E-state index >= 15 is 0 Å². The van der Waals surface area contributed by atoms with Crippen molar-refractivity contribution in [2.75, 3.05) is 6.54 Å². The van der Waals surface area contributed by atoms with Crippen molar-refractivity contribution in [3.8, 4) is 0 Å². The van der Waals surface area contributed by atoms with Gasteiger partial charge in [0.2, 0.25) is 0 Å². The van der Waals surface area contributed by atoms with Gasteiger partial charge in [0.05, 0.1) is 0 Å². The summed E-state index contributed by atoms with van der Waals surface area (Å²) < 4.78 is 0. The van der Waals surface area contributed by atoms with E-state index < -0.39 is 18.1 Å². The number of carboxylic acid groups (broad SMARTS) is 2. The number of amides is 1. The lowest BCUT2D eigenvalue weighted by atomic mass is 10.3. The molecule has 0 saturated heterocycles. The predicted molar refractivity (Wildman–Crippen MR) is 31.6 cm³/mol. The average molecular weight is 148 g/mol. The molecular formula is C4H8N2O4. The molecule has 6 nitrogen and oxygen atoms in total. The largest absolute Gasteiger partial charge is 0.480 e. The summed E-state index contributed by atoms with van der Waals surface area (Å²) in [6.07, 6.45) is -1.28. The van der Waals surface area contributed by atoms with Gasteiger partial charge in [0.1, 0.15) is 6.04 Å². The lowest BCUT2D eigenvalue weighted by Gasteiger charge is -2.03. The minimum absolute atomic E-state index is 0.273. The molecule has 1 unspecified atom stereocenters. The maximum atomic E-state index is 9.95. The van der Waals surface area contributed by atoms with Gasteiger partial charge in [-0.15, -0.1) is 0 Å². The molecular weight excluding hydrogens is 140 g/mol. The molecule has 6 heteroatoms. The molecule has 0 bridgehead atoms. The summed E-state index contributed by atoms with van der Waals surface area (Å²) in [5.74, 6) is -1.23.